The number of hydrogen-bond donors (Lipinski definition) is 1. The van der Waals surface area contributed by atoms with Gasteiger partial charge in [0.25, 0.3) is 0 Å². The van der Waals surface area contributed by atoms with Gasteiger partial charge < -0.3 is 10.1 Å². The molecule has 0 aromatic heterocycles. The lowest BCUT2D eigenvalue weighted by atomic mass is 9.93. The number of carbonyl (C=O) groups is 2. The number of amides is 2. The second-order valence-electron chi connectivity index (χ2n) is 6.70. The van der Waals surface area contributed by atoms with Crippen LogP contribution >= 0.6 is 0 Å². The first-order valence-electron chi connectivity index (χ1n) is 8.52. The van der Waals surface area contributed by atoms with Crippen LogP contribution in [0.4, 0.5) is 4.79 Å². The summed E-state index contributed by atoms with van der Waals surface area (Å²) < 4.78 is 5.23. The van der Waals surface area contributed by atoms with E-state index in [4.69, 9.17) is 4.74 Å². The SMILES string of the molecule is CCC12COC(=O)N1CCN(CC(=O)NCc1ccccc1C)C2. The lowest BCUT2D eigenvalue weighted by Gasteiger charge is -2.44. The van der Waals surface area contributed by atoms with Crippen LogP contribution in [0.5, 0.6) is 0 Å². The average Bonchev–Trinajstić information content (AvgIpc) is 2.91. The molecule has 1 atom stereocenters. The van der Waals surface area contributed by atoms with Gasteiger partial charge in [0, 0.05) is 26.2 Å². The monoisotopic (exact) mass is 331 g/mol. The first-order valence-corrected chi connectivity index (χ1v) is 8.52. The topological polar surface area (TPSA) is 61.9 Å². The van der Waals surface area contributed by atoms with E-state index in [-0.39, 0.29) is 17.5 Å². The predicted molar refractivity (Wildman–Crippen MR) is 90.5 cm³/mol. The third-order valence-electron chi connectivity index (χ3n) is 5.18. The summed E-state index contributed by atoms with van der Waals surface area (Å²) in [5.74, 6) is 0.0168. The van der Waals surface area contributed by atoms with Crippen molar-refractivity contribution >= 4 is 12.0 Å². The van der Waals surface area contributed by atoms with Crippen LogP contribution in [0.25, 0.3) is 0 Å². The molecular formula is C18H25N3O3. The van der Waals surface area contributed by atoms with E-state index >= 15 is 0 Å². The standard InChI is InChI=1S/C18H25N3O3/c1-3-18-12-20(8-9-21(18)17(23)24-13-18)11-16(22)19-10-15-7-5-4-6-14(15)2/h4-7H,3,8-13H2,1-2H3,(H,19,22). The molecule has 0 bridgehead atoms. The van der Waals surface area contributed by atoms with Gasteiger partial charge in [0.2, 0.25) is 5.91 Å². The molecule has 130 valence electrons. The van der Waals surface area contributed by atoms with Crippen molar-refractivity contribution in [3.8, 4) is 0 Å². The first-order chi connectivity index (χ1) is 11.5. The van der Waals surface area contributed by atoms with Crippen LogP contribution in [0.1, 0.15) is 24.5 Å². The highest BCUT2D eigenvalue weighted by Gasteiger charge is 2.49. The van der Waals surface area contributed by atoms with Crippen LogP contribution in [-0.2, 0) is 16.1 Å². The molecule has 2 aliphatic rings. The number of piperazine rings is 1. The van der Waals surface area contributed by atoms with E-state index in [1.165, 1.54) is 5.56 Å². The summed E-state index contributed by atoms with van der Waals surface area (Å²) in [7, 11) is 0. The van der Waals surface area contributed by atoms with E-state index in [1.807, 2.05) is 36.1 Å². The fourth-order valence-electron chi connectivity index (χ4n) is 3.54. The minimum absolute atomic E-state index is 0.0168. The second-order valence-corrected chi connectivity index (χ2v) is 6.70. The summed E-state index contributed by atoms with van der Waals surface area (Å²) in [5.41, 5.74) is 2.04. The van der Waals surface area contributed by atoms with Crippen LogP contribution in [0, 0.1) is 6.92 Å². The molecule has 24 heavy (non-hydrogen) atoms. The van der Waals surface area contributed by atoms with Crippen molar-refractivity contribution in [2.75, 3.05) is 32.8 Å². The molecule has 3 rings (SSSR count). The van der Waals surface area contributed by atoms with E-state index in [0.29, 0.717) is 39.3 Å². The lowest BCUT2D eigenvalue weighted by molar-refractivity contribution is -0.123. The smallest absolute Gasteiger partial charge is 0.410 e. The van der Waals surface area contributed by atoms with Crippen molar-refractivity contribution in [2.45, 2.75) is 32.4 Å². The number of hydrogen-bond acceptors (Lipinski definition) is 4. The van der Waals surface area contributed by atoms with E-state index in [1.54, 1.807) is 0 Å². The highest BCUT2D eigenvalue weighted by molar-refractivity contribution is 5.78. The Morgan fingerprint density at radius 3 is 2.88 bits per heavy atom. The van der Waals surface area contributed by atoms with E-state index in [0.717, 1.165) is 12.0 Å². The molecule has 0 spiro atoms. The predicted octanol–water partition coefficient (Wildman–Crippen LogP) is 1.53. The number of benzene rings is 1. The van der Waals surface area contributed by atoms with Crippen LogP contribution < -0.4 is 5.32 Å². The van der Waals surface area contributed by atoms with E-state index in [2.05, 4.69) is 17.1 Å². The molecule has 6 heteroatoms. The third-order valence-corrected chi connectivity index (χ3v) is 5.18. The molecule has 0 aliphatic carbocycles. The molecule has 6 nitrogen and oxygen atoms in total. The number of nitrogens with one attached hydrogen (secondary N) is 1. The van der Waals surface area contributed by atoms with Gasteiger partial charge in [0.15, 0.2) is 0 Å². The molecular weight excluding hydrogens is 306 g/mol. The quantitative estimate of drug-likeness (QED) is 0.889. The van der Waals surface area contributed by atoms with Crippen molar-refractivity contribution in [1.29, 1.82) is 0 Å². The summed E-state index contributed by atoms with van der Waals surface area (Å²) in [6.07, 6.45) is 0.612. The van der Waals surface area contributed by atoms with Gasteiger partial charge in [-0.25, -0.2) is 4.79 Å². The lowest BCUT2D eigenvalue weighted by Crippen LogP contribution is -2.62. The molecule has 0 saturated carbocycles. The zero-order chi connectivity index (χ0) is 17.2. The zero-order valence-electron chi connectivity index (χ0n) is 14.4. The fraction of sp³-hybridized carbons (Fsp3) is 0.556. The molecule has 2 amide bonds. The van der Waals surface area contributed by atoms with Crippen LogP contribution in [0.3, 0.4) is 0 Å². The summed E-state index contributed by atoms with van der Waals surface area (Å²) in [6, 6.07) is 8.05. The van der Waals surface area contributed by atoms with Crippen LogP contribution in [-0.4, -0.2) is 60.1 Å². The van der Waals surface area contributed by atoms with E-state index in [9.17, 15) is 9.59 Å². The van der Waals surface area contributed by atoms with Crippen molar-refractivity contribution in [2.24, 2.45) is 0 Å². The van der Waals surface area contributed by atoms with Gasteiger partial charge in [0.05, 0.1) is 12.1 Å². The van der Waals surface area contributed by atoms with Crippen molar-refractivity contribution < 1.29 is 14.3 Å². The highest BCUT2D eigenvalue weighted by Crippen LogP contribution is 2.31. The fourth-order valence-corrected chi connectivity index (χ4v) is 3.54. The van der Waals surface area contributed by atoms with Crippen molar-refractivity contribution in [3.05, 3.63) is 35.4 Å². The molecule has 2 heterocycles. The first kappa shape index (κ1) is 16.8. The summed E-state index contributed by atoms with van der Waals surface area (Å²) >= 11 is 0. The van der Waals surface area contributed by atoms with Crippen molar-refractivity contribution in [1.82, 2.24) is 15.1 Å². The highest BCUT2D eigenvalue weighted by atomic mass is 16.6. The van der Waals surface area contributed by atoms with Gasteiger partial charge in [-0.1, -0.05) is 31.2 Å². The molecule has 1 N–H and O–H groups in total. The molecule has 2 aliphatic heterocycles. The van der Waals surface area contributed by atoms with Crippen molar-refractivity contribution in [3.63, 3.8) is 0 Å². The minimum atomic E-state index is -0.272. The Labute approximate surface area is 142 Å². The molecule has 1 unspecified atom stereocenters. The normalized spacial score (nSPS) is 23.8. The Morgan fingerprint density at radius 2 is 2.12 bits per heavy atom. The number of ether oxygens (including phenoxy) is 1. The summed E-state index contributed by atoms with van der Waals surface area (Å²) in [5, 5.41) is 2.99. The molecule has 1 aromatic rings. The van der Waals surface area contributed by atoms with Crippen LogP contribution in [0.2, 0.25) is 0 Å². The maximum atomic E-state index is 12.3. The summed E-state index contributed by atoms with van der Waals surface area (Å²) in [6.45, 7) is 7.45. The van der Waals surface area contributed by atoms with Gasteiger partial charge >= 0.3 is 6.09 Å². The average molecular weight is 331 g/mol. The Hall–Kier alpha value is -2.08. The molecule has 2 saturated heterocycles. The minimum Gasteiger partial charge on any atom is -0.447 e. The Kier molecular flexibility index (Phi) is 4.76. The zero-order valence-corrected chi connectivity index (χ0v) is 14.4. The number of rotatable bonds is 5. The van der Waals surface area contributed by atoms with Gasteiger partial charge in [-0.3, -0.25) is 14.6 Å². The number of fused-ring (bicyclic) bond motifs is 1. The number of carbonyl (C=O) groups excluding carboxylic acids is 2. The Morgan fingerprint density at radius 1 is 1.33 bits per heavy atom. The Balaban J connectivity index is 1.54. The number of nitrogens with zero attached hydrogens (tertiary/aromatic N) is 2. The maximum absolute atomic E-state index is 12.3. The molecule has 0 radical (unpaired) electrons. The number of aryl methyl sites for hydroxylation is 1. The van der Waals surface area contributed by atoms with Crippen LogP contribution in [0.15, 0.2) is 24.3 Å². The molecule has 2 fully saturated rings. The second kappa shape index (κ2) is 6.81. The summed E-state index contributed by atoms with van der Waals surface area (Å²) in [4.78, 5) is 28.0. The largest absolute Gasteiger partial charge is 0.447 e. The maximum Gasteiger partial charge on any atom is 0.410 e. The third kappa shape index (κ3) is 3.24. The number of cyclic esters (lactones) is 1. The Bertz CT molecular complexity index is 634. The molecule has 1 aromatic carbocycles. The van der Waals surface area contributed by atoms with Gasteiger partial charge in [-0.15, -0.1) is 0 Å². The van der Waals surface area contributed by atoms with Gasteiger partial charge in [-0.05, 0) is 24.5 Å². The van der Waals surface area contributed by atoms with E-state index < -0.39 is 0 Å². The van der Waals surface area contributed by atoms with Gasteiger partial charge in [-0.2, -0.15) is 0 Å². The van der Waals surface area contributed by atoms with Gasteiger partial charge in [0.1, 0.15) is 6.61 Å².